The Morgan fingerprint density at radius 2 is 2.03 bits per heavy atom. The molecule has 3 aromatic heterocycles. The fourth-order valence-electron chi connectivity index (χ4n) is 4.06. The maximum atomic E-state index is 13.4. The molecule has 1 fully saturated rings. The number of methoxy groups -OCH3 is 1. The Balaban J connectivity index is 1.73. The summed E-state index contributed by atoms with van der Waals surface area (Å²) in [6.45, 7) is 2.55. The quantitative estimate of drug-likeness (QED) is 0.468. The number of nitrogens with zero attached hydrogens (tertiary/aromatic N) is 5. The molecule has 8 heteroatoms. The van der Waals surface area contributed by atoms with E-state index in [2.05, 4.69) is 4.98 Å². The zero-order valence-electron chi connectivity index (χ0n) is 16.4. The number of fused-ring (bicyclic) bond motifs is 4. The van der Waals surface area contributed by atoms with E-state index in [-0.39, 0.29) is 11.7 Å². The van der Waals surface area contributed by atoms with Crippen molar-refractivity contribution in [3.05, 3.63) is 40.9 Å². The van der Waals surface area contributed by atoms with Crippen molar-refractivity contribution in [3.8, 4) is 0 Å². The van der Waals surface area contributed by atoms with Crippen LogP contribution in [0.15, 0.2) is 35.4 Å². The van der Waals surface area contributed by atoms with Gasteiger partial charge in [-0.3, -0.25) is 9.36 Å². The molecule has 0 unspecified atom stereocenters. The lowest BCUT2D eigenvalue weighted by atomic mass is 10.2. The summed E-state index contributed by atoms with van der Waals surface area (Å²) < 4.78 is 14.5. The summed E-state index contributed by atoms with van der Waals surface area (Å²) in [5.74, 6) is 0. The molecule has 0 N–H and O–H groups in total. The van der Waals surface area contributed by atoms with E-state index in [1.165, 1.54) is 0 Å². The number of hydrogen-bond acceptors (Lipinski definition) is 6. The first-order chi connectivity index (χ1) is 14.3. The summed E-state index contributed by atoms with van der Waals surface area (Å²) in [5.41, 5.74) is 3.40. The molecular formula is C21H23N5O3. The molecule has 8 nitrogen and oxygen atoms in total. The molecule has 150 valence electrons. The highest BCUT2D eigenvalue weighted by molar-refractivity contribution is 6.04. The predicted molar refractivity (Wildman–Crippen MR) is 110 cm³/mol. The molecule has 4 heterocycles. The van der Waals surface area contributed by atoms with E-state index in [1.54, 1.807) is 18.0 Å². The second kappa shape index (κ2) is 7.53. The number of aromatic nitrogens is 5. The van der Waals surface area contributed by atoms with E-state index in [0.29, 0.717) is 41.9 Å². The van der Waals surface area contributed by atoms with E-state index >= 15 is 0 Å². The van der Waals surface area contributed by atoms with Crippen LogP contribution < -0.4 is 5.56 Å². The Hall–Kier alpha value is -2.84. The SMILES string of the molecule is COCCCn1c2nc3ccccc3nc2c2c(=O)n(C[C@H]3CCCO3)cnc21. The molecule has 0 saturated carbocycles. The van der Waals surface area contributed by atoms with E-state index in [4.69, 9.17) is 19.4 Å². The Labute approximate surface area is 167 Å². The van der Waals surface area contributed by atoms with Crippen LogP contribution in [-0.4, -0.2) is 50.5 Å². The molecule has 0 bridgehead atoms. The van der Waals surface area contributed by atoms with E-state index < -0.39 is 0 Å². The lowest BCUT2D eigenvalue weighted by Gasteiger charge is -2.11. The van der Waals surface area contributed by atoms with Crippen LogP contribution in [0.3, 0.4) is 0 Å². The standard InChI is InChI=1S/C21H23N5O3/c1-28-10-5-9-26-19-17(18-20(26)24-16-8-3-2-7-15(16)23-18)21(27)25(13-22-19)12-14-6-4-11-29-14/h2-3,7-8,13-14H,4-6,9-12H2,1H3/t14-/m1/s1. The van der Waals surface area contributed by atoms with Crippen LogP contribution in [0.4, 0.5) is 0 Å². The Morgan fingerprint density at radius 1 is 1.21 bits per heavy atom. The largest absolute Gasteiger partial charge is 0.385 e. The number of para-hydroxylation sites is 2. The van der Waals surface area contributed by atoms with Crippen molar-refractivity contribution < 1.29 is 9.47 Å². The van der Waals surface area contributed by atoms with Crippen molar-refractivity contribution in [1.82, 2.24) is 24.1 Å². The molecule has 29 heavy (non-hydrogen) atoms. The van der Waals surface area contributed by atoms with Crippen molar-refractivity contribution in [2.75, 3.05) is 20.3 Å². The van der Waals surface area contributed by atoms with Crippen molar-refractivity contribution >= 4 is 33.2 Å². The molecule has 1 atom stereocenters. The fraction of sp³-hybridized carbons (Fsp3) is 0.429. The van der Waals surface area contributed by atoms with Crippen LogP contribution in [0, 0.1) is 0 Å². The van der Waals surface area contributed by atoms with Gasteiger partial charge in [0.2, 0.25) is 0 Å². The van der Waals surface area contributed by atoms with Gasteiger partial charge in [0.05, 0.1) is 30.0 Å². The summed E-state index contributed by atoms with van der Waals surface area (Å²) >= 11 is 0. The minimum absolute atomic E-state index is 0.0638. The maximum Gasteiger partial charge on any atom is 0.265 e. The zero-order valence-corrected chi connectivity index (χ0v) is 16.4. The average molecular weight is 393 g/mol. The summed E-state index contributed by atoms with van der Waals surface area (Å²) in [6.07, 6.45) is 4.48. The molecule has 5 rings (SSSR count). The maximum absolute atomic E-state index is 13.4. The summed E-state index contributed by atoms with van der Waals surface area (Å²) in [6, 6.07) is 7.71. The van der Waals surface area contributed by atoms with Crippen LogP contribution in [0.2, 0.25) is 0 Å². The Kier molecular flexibility index (Phi) is 4.73. The highest BCUT2D eigenvalue weighted by Gasteiger charge is 2.22. The third-order valence-corrected chi connectivity index (χ3v) is 5.47. The molecular weight excluding hydrogens is 370 g/mol. The second-order valence-electron chi connectivity index (χ2n) is 7.42. The Morgan fingerprint density at radius 3 is 2.79 bits per heavy atom. The van der Waals surface area contributed by atoms with E-state index in [1.807, 2.05) is 28.8 Å². The topological polar surface area (TPSA) is 84.1 Å². The fourth-order valence-corrected chi connectivity index (χ4v) is 4.06. The first-order valence-corrected chi connectivity index (χ1v) is 10.0. The molecule has 1 aromatic carbocycles. The van der Waals surface area contributed by atoms with Crippen LogP contribution in [0.25, 0.3) is 33.2 Å². The minimum Gasteiger partial charge on any atom is -0.385 e. The number of benzene rings is 1. The molecule has 0 radical (unpaired) electrons. The predicted octanol–water partition coefficient (Wildman–Crippen LogP) is 2.51. The molecule has 0 aliphatic carbocycles. The van der Waals surface area contributed by atoms with Crippen LogP contribution in [0.1, 0.15) is 19.3 Å². The van der Waals surface area contributed by atoms with Gasteiger partial charge in [-0.15, -0.1) is 0 Å². The third-order valence-electron chi connectivity index (χ3n) is 5.47. The average Bonchev–Trinajstić information content (AvgIpc) is 3.35. The van der Waals surface area contributed by atoms with Gasteiger partial charge in [-0.2, -0.15) is 0 Å². The molecule has 0 amide bonds. The number of aryl methyl sites for hydroxylation is 1. The van der Waals surface area contributed by atoms with Gasteiger partial charge < -0.3 is 14.0 Å². The number of rotatable bonds is 6. The minimum atomic E-state index is -0.0921. The van der Waals surface area contributed by atoms with Gasteiger partial charge in [-0.1, -0.05) is 12.1 Å². The van der Waals surface area contributed by atoms with Crippen molar-refractivity contribution in [1.29, 1.82) is 0 Å². The molecule has 1 aliphatic heterocycles. The second-order valence-corrected chi connectivity index (χ2v) is 7.42. The lowest BCUT2D eigenvalue weighted by molar-refractivity contribution is 0.0960. The first-order valence-electron chi connectivity index (χ1n) is 10.0. The summed E-state index contributed by atoms with van der Waals surface area (Å²) in [5, 5.41) is 0.524. The Bertz CT molecular complexity index is 1240. The van der Waals surface area contributed by atoms with Gasteiger partial charge in [-0.25, -0.2) is 15.0 Å². The monoisotopic (exact) mass is 393 g/mol. The summed E-state index contributed by atoms with van der Waals surface area (Å²) in [4.78, 5) is 27.6. The van der Waals surface area contributed by atoms with Crippen LogP contribution >= 0.6 is 0 Å². The van der Waals surface area contributed by atoms with Crippen LogP contribution in [0.5, 0.6) is 0 Å². The van der Waals surface area contributed by atoms with E-state index in [0.717, 1.165) is 36.9 Å². The number of ether oxygens (including phenoxy) is 2. The van der Waals surface area contributed by atoms with E-state index in [9.17, 15) is 4.79 Å². The van der Waals surface area contributed by atoms with Crippen molar-refractivity contribution in [2.24, 2.45) is 0 Å². The molecule has 4 aromatic rings. The molecule has 0 spiro atoms. The smallest absolute Gasteiger partial charge is 0.265 e. The highest BCUT2D eigenvalue weighted by Crippen LogP contribution is 2.25. The van der Waals surface area contributed by atoms with Gasteiger partial charge in [0.15, 0.2) is 11.3 Å². The first kappa shape index (κ1) is 18.2. The highest BCUT2D eigenvalue weighted by atomic mass is 16.5. The van der Waals surface area contributed by atoms with Crippen molar-refractivity contribution in [2.45, 2.75) is 38.5 Å². The molecule has 1 saturated heterocycles. The van der Waals surface area contributed by atoms with Gasteiger partial charge in [0.25, 0.3) is 5.56 Å². The van der Waals surface area contributed by atoms with Gasteiger partial charge in [0, 0.05) is 26.9 Å². The van der Waals surface area contributed by atoms with Gasteiger partial charge in [-0.05, 0) is 31.4 Å². The lowest BCUT2D eigenvalue weighted by Crippen LogP contribution is -2.26. The number of hydrogen-bond donors (Lipinski definition) is 0. The van der Waals surface area contributed by atoms with Gasteiger partial charge in [0.1, 0.15) is 10.9 Å². The normalized spacial score (nSPS) is 17.1. The zero-order chi connectivity index (χ0) is 19.8. The van der Waals surface area contributed by atoms with Crippen LogP contribution in [-0.2, 0) is 22.6 Å². The van der Waals surface area contributed by atoms with Crippen molar-refractivity contribution in [3.63, 3.8) is 0 Å². The van der Waals surface area contributed by atoms with Gasteiger partial charge >= 0.3 is 0 Å². The molecule has 1 aliphatic rings. The summed E-state index contributed by atoms with van der Waals surface area (Å²) in [7, 11) is 1.68. The third kappa shape index (κ3) is 3.18.